The number of nitrogens with one attached hydrogen (secondary N) is 1. The zero-order chi connectivity index (χ0) is 17.8. The Balaban J connectivity index is 1.32. The predicted octanol–water partition coefficient (Wildman–Crippen LogP) is 3.09. The van der Waals surface area contributed by atoms with E-state index >= 15 is 0 Å². The van der Waals surface area contributed by atoms with Crippen LogP contribution in [0.25, 0.3) is 0 Å². The number of nitrogens with zero attached hydrogens (tertiary/aromatic N) is 1. The number of anilines is 1. The monoisotopic (exact) mass is 356 g/mol. The number of carbonyl (C=O) groups is 1. The van der Waals surface area contributed by atoms with Crippen LogP contribution in [-0.4, -0.2) is 43.2 Å². The van der Waals surface area contributed by atoms with Gasteiger partial charge in [-0.15, -0.1) is 0 Å². The molecule has 1 unspecified atom stereocenters. The summed E-state index contributed by atoms with van der Waals surface area (Å²) >= 11 is 0. The quantitative estimate of drug-likeness (QED) is 0.892. The smallest absolute Gasteiger partial charge is 0.223 e. The summed E-state index contributed by atoms with van der Waals surface area (Å²) in [6.45, 7) is 2.73. The van der Waals surface area contributed by atoms with Gasteiger partial charge in [-0.25, -0.2) is 0 Å². The van der Waals surface area contributed by atoms with Crippen molar-refractivity contribution in [3.8, 4) is 11.5 Å². The van der Waals surface area contributed by atoms with E-state index in [1.807, 2.05) is 35.2 Å². The molecule has 4 rings (SSSR count). The summed E-state index contributed by atoms with van der Waals surface area (Å²) in [5.41, 5.74) is 1.00. The highest BCUT2D eigenvalue weighted by atomic mass is 16.6. The van der Waals surface area contributed by atoms with Gasteiger partial charge in [-0.3, -0.25) is 4.79 Å². The lowest BCUT2D eigenvalue weighted by atomic mass is 10.0. The molecule has 0 saturated carbocycles. The van der Waals surface area contributed by atoms with Crippen LogP contribution in [-0.2, 0) is 11.2 Å². The van der Waals surface area contributed by atoms with Crippen LogP contribution in [0.3, 0.4) is 0 Å². The first kappa shape index (κ1) is 16.8. The maximum Gasteiger partial charge on any atom is 0.223 e. The molecule has 1 fully saturated rings. The molecule has 1 aromatic carbocycles. The van der Waals surface area contributed by atoms with Gasteiger partial charge in [0, 0.05) is 43.7 Å². The molecule has 1 N–H and O–H groups in total. The highest BCUT2D eigenvalue weighted by molar-refractivity contribution is 5.76. The molecule has 0 bridgehead atoms. The third-order valence-electron chi connectivity index (χ3n) is 4.85. The molecule has 6 heteroatoms. The molecule has 1 aromatic heterocycles. The van der Waals surface area contributed by atoms with E-state index in [0.29, 0.717) is 26.1 Å². The van der Waals surface area contributed by atoms with Crippen molar-refractivity contribution >= 4 is 11.6 Å². The second-order valence-electron chi connectivity index (χ2n) is 6.76. The molecule has 2 aliphatic rings. The molecule has 1 atom stereocenters. The number of carbonyl (C=O) groups excluding carboxylic acids is 1. The molecule has 3 heterocycles. The van der Waals surface area contributed by atoms with E-state index in [-0.39, 0.29) is 11.9 Å². The van der Waals surface area contributed by atoms with Crippen molar-refractivity contribution in [1.29, 1.82) is 0 Å². The van der Waals surface area contributed by atoms with Gasteiger partial charge in [0.25, 0.3) is 0 Å². The fourth-order valence-corrected chi connectivity index (χ4v) is 3.53. The number of hydrogen-bond acceptors (Lipinski definition) is 5. The van der Waals surface area contributed by atoms with E-state index in [0.717, 1.165) is 48.9 Å². The zero-order valence-electron chi connectivity index (χ0n) is 14.8. The average molecular weight is 356 g/mol. The Labute approximate surface area is 153 Å². The van der Waals surface area contributed by atoms with E-state index in [2.05, 4.69) is 5.32 Å². The molecule has 1 saturated heterocycles. The Morgan fingerprint density at radius 2 is 2.08 bits per heavy atom. The minimum atomic E-state index is 0.190. The third kappa shape index (κ3) is 3.95. The van der Waals surface area contributed by atoms with Crippen molar-refractivity contribution in [2.24, 2.45) is 0 Å². The van der Waals surface area contributed by atoms with Gasteiger partial charge < -0.3 is 24.1 Å². The molecular formula is C20H24N2O4. The topological polar surface area (TPSA) is 63.9 Å². The lowest BCUT2D eigenvalue weighted by Gasteiger charge is -2.34. The molecule has 0 spiro atoms. The van der Waals surface area contributed by atoms with Crippen LogP contribution in [0.1, 0.15) is 25.0 Å². The van der Waals surface area contributed by atoms with E-state index in [9.17, 15) is 4.79 Å². The van der Waals surface area contributed by atoms with Crippen LogP contribution < -0.4 is 14.8 Å². The Morgan fingerprint density at radius 3 is 2.92 bits per heavy atom. The summed E-state index contributed by atoms with van der Waals surface area (Å²) < 4.78 is 16.5. The fraction of sp³-hybridized carbons (Fsp3) is 0.450. The molecular weight excluding hydrogens is 332 g/mol. The van der Waals surface area contributed by atoms with Crippen molar-refractivity contribution in [3.63, 3.8) is 0 Å². The minimum absolute atomic E-state index is 0.190. The van der Waals surface area contributed by atoms with Gasteiger partial charge >= 0.3 is 0 Å². The number of aryl methyl sites for hydroxylation is 1. The fourth-order valence-electron chi connectivity index (χ4n) is 3.53. The minimum Gasteiger partial charge on any atom is -0.486 e. The summed E-state index contributed by atoms with van der Waals surface area (Å²) in [4.78, 5) is 14.5. The van der Waals surface area contributed by atoms with E-state index in [1.165, 1.54) is 0 Å². The number of rotatable bonds is 5. The number of furan rings is 1. The van der Waals surface area contributed by atoms with Crippen molar-refractivity contribution < 1.29 is 18.7 Å². The summed E-state index contributed by atoms with van der Waals surface area (Å²) in [6, 6.07) is 9.94. The number of piperidine rings is 1. The Bertz CT molecular complexity index is 744. The Morgan fingerprint density at radius 1 is 1.19 bits per heavy atom. The maximum atomic E-state index is 12.5. The lowest BCUT2D eigenvalue weighted by molar-refractivity contribution is -0.132. The van der Waals surface area contributed by atoms with Crippen molar-refractivity contribution in [3.05, 3.63) is 42.4 Å². The van der Waals surface area contributed by atoms with Gasteiger partial charge in [-0.2, -0.15) is 0 Å². The number of ether oxygens (including phenoxy) is 2. The average Bonchev–Trinajstić information content (AvgIpc) is 3.20. The summed E-state index contributed by atoms with van der Waals surface area (Å²) in [5, 5.41) is 3.54. The lowest BCUT2D eigenvalue weighted by Crippen LogP contribution is -2.45. The highest BCUT2D eigenvalue weighted by Gasteiger charge is 2.24. The Hall–Kier alpha value is -2.63. The molecule has 2 aliphatic heterocycles. The van der Waals surface area contributed by atoms with Gasteiger partial charge in [0.2, 0.25) is 5.91 Å². The molecule has 6 nitrogen and oxygen atoms in total. The van der Waals surface area contributed by atoms with E-state index in [4.69, 9.17) is 13.9 Å². The summed E-state index contributed by atoms with van der Waals surface area (Å²) in [6.07, 6.45) is 4.85. The van der Waals surface area contributed by atoms with Gasteiger partial charge in [-0.05, 0) is 37.1 Å². The first-order valence-corrected chi connectivity index (χ1v) is 9.24. The number of amides is 1. The van der Waals surface area contributed by atoms with Crippen LogP contribution >= 0.6 is 0 Å². The number of fused-ring (bicyclic) bond motifs is 1. The van der Waals surface area contributed by atoms with E-state index in [1.54, 1.807) is 6.26 Å². The zero-order valence-corrected chi connectivity index (χ0v) is 14.8. The SMILES string of the molecule is O=C(CCc1ccco1)N1CCCC(Nc2ccc3c(c2)OCCO3)C1. The second-order valence-corrected chi connectivity index (χ2v) is 6.76. The van der Waals surface area contributed by atoms with Crippen LogP contribution in [0.4, 0.5) is 5.69 Å². The maximum absolute atomic E-state index is 12.5. The molecule has 0 radical (unpaired) electrons. The van der Waals surface area contributed by atoms with Gasteiger partial charge in [0.05, 0.1) is 6.26 Å². The molecule has 2 aromatic rings. The van der Waals surface area contributed by atoms with Crippen LogP contribution in [0, 0.1) is 0 Å². The molecule has 26 heavy (non-hydrogen) atoms. The normalized spacial score (nSPS) is 19.2. The van der Waals surface area contributed by atoms with Gasteiger partial charge in [-0.1, -0.05) is 0 Å². The predicted molar refractivity (Wildman–Crippen MR) is 97.7 cm³/mol. The summed E-state index contributed by atoms with van der Waals surface area (Å²) in [5.74, 6) is 2.63. The molecule has 138 valence electrons. The van der Waals surface area contributed by atoms with Crippen molar-refractivity contribution in [2.75, 3.05) is 31.6 Å². The van der Waals surface area contributed by atoms with Gasteiger partial charge in [0.15, 0.2) is 11.5 Å². The first-order chi connectivity index (χ1) is 12.8. The van der Waals surface area contributed by atoms with Crippen molar-refractivity contribution in [2.45, 2.75) is 31.7 Å². The van der Waals surface area contributed by atoms with Crippen LogP contribution in [0.2, 0.25) is 0 Å². The molecule has 0 aliphatic carbocycles. The van der Waals surface area contributed by atoms with Crippen LogP contribution in [0.5, 0.6) is 11.5 Å². The van der Waals surface area contributed by atoms with Crippen LogP contribution in [0.15, 0.2) is 41.0 Å². The highest BCUT2D eigenvalue weighted by Crippen LogP contribution is 2.33. The number of likely N-dealkylation sites (tertiary alicyclic amines) is 1. The first-order valence-electron chi connectivity index (χ1n) is 9.24. The third-order valence-corrected chi connectivity index (χ3v) is 4.85. The van der Waals surface area contributed by atoms with Crippen molar-refractivity contribution in [1.82, 2.24) is 4.90 Å². The number of benzene rings is 1. The summed E-state index contributed by atoms with van der Waals surface area (Å²) in [7, 11) is 0. The van der Waals surface area contributed by atoms with Gasteiger partial charge in [0.1, 0.15) is 19.0 Å². The Kier molecular flexibility index (Phi) is 5.00. The second kappa shape index (κ2) is 7.72. The largest absolute Gasteiger partial charge is 0.486 e. The molecule has 1 amide bonds. The number of hydrogen-bond donors (Lipinski definition) is 1. The standard InChI is InChI=1S/C20H24N2O4/c23-20(8-6-17-4-2-10-24-17)22-9-1-3-16(14-22)21-15-5-7-18-19(13-15)26-12-11-25-18/h2,4-5,7,10,13,16,21H,1,3,6,8-9,11-12,14H2. The van der Waals surface area contributed by atoms with E-state index < -0.39 is 0 Å².